The van der Waals surface area contributed by atoms with Gasteiger partial charge >= 0.3 is 0 Å². The fraction of sp³-hybridized carbons (Fsp3) is 0.250. The predicted molar refractivity (Wildman–Crippen MR) is 82.1 cm³/mol. The van der Waals surface area contributed by atoms with Gasteiger partial charge in [-0.05, 0) is 29.8 Å². The van der Waals surface area contributed by atoms with E-state index >= 15 is 0 Å². The number of alkyl halides is 1. The number of nitrogens with zero attached hydrogens (tertiary/aromatic N) is 2. The molecule has 0 N–H and O–H groups in total. The Morgan fingerprint density at radius 3 is 2.05 bits per heavy atom. The quantitative estimate of drug-likeness (QED) is 0.777. The third-order valence-electron chi connectivity index (χ3n) is 3.77. The minimum Gasteiger partial charge on any atom is -0.251 e. The van der Waals surface area contributed by atoms with Crippen molar-refractivity contribution in [2.24, 2.45) is 9.98 Å². The van der Waals surface area contributed by atoms with Gasteiger partial charge in [-0.2, -0.15) is 0 Å². The minimum atomic E-state index is -0.626. The molecule has 0 aliphatic carbocycles. The van der Waals surface area contributed by atoms with Gasteiger partial charge in [-0.3, -0.25) is 9.98 Å². The van der Waals surface area contributed by atoms with Crippen molar-refractivity contribution in [1.29, 1.82) is 0 Å². The number of hydrogen-bond acceptors (Lipinski definition) is 2. The zero-order valence-electron chi connectivity index (χ0n) is 11.1. The summed E-state index contributed by atoms with van der Waals surface area (Å²) in [7, 11) is 0. The second-order valence-corrected chi connectivity index (χ2v) is 5.70. The van der Waals surface area contributed by atoms with Gasteiger partial charge in [0.1, 0.15) is 0 Å². The van der Waals surface area contributed by atoms with E-state index in [0.29, 0.717) is 5.88 Å². The van der Waals surface area contributed by atoms with Gasteiger partial charge in [0.25, 0.3) is 0 Å². The standard InChI is InChI=1S/C16H14Cl2N2/c1-11(12-6-8-13(18)9-7-12)16(10-17)19-14-4-2-3-5-15(14)20-16/h2-9,11H,10H2,1H3. The third kappa shape index (κ3) is 2.23. The molecule has 1 aliphatic rings. The minimum absolute atomic E-state index is 0.0877. The van der Waals surface area contributed by atoms with Gasteiger partial charge < -0.3 is 0 Å². The van der Waals surface area contributed by atoms with Crippen molar-refractivity contribution in [1.82, 2.24) is 0 Å². The van der Waals surface area contributed by atoms with E-state index in [1.165, 1.54) is 0 Å². The molecule has 4 heteroatoms. The Morgan fingerprint density at radius 2 is 1.55 bits per heavy atom. The maximum atomic E-state index is 6.22. The molecule has 0 radical (unpaired) electrons. The van der Waals surface area contributed by atoms with E-state index in [9.17, 15) is 0 Å². The van der Waals surface area contributed by atoms with Gasteiger partial charge in [0.05, 0.1) is 16.6 Å². The van der Waals surface area contributed by atoms with E-state index in [1.54, 1.807) is 0 Å². The number of halogens is 2. The number of rotatable bonds is 3. The van der Waals surface area contributed by atoms with Gasteiger partial charge in [-0.15, -0.1) is 11.6 Å². The van der Waals surface area contributed by atoms with Gasteiger partial charge in [-0.25, -0.2) is 0 Å². The van der Waals surface area contributed by atoms with Crippen molar-refractivity contribution in [2.45, 2.75) is 18.5 Å². The Hall–Kier alpha value is -1.38. The average Bonchev–Trinajstić information content (AvgIpc) is 2.87. The van der Waals surface area contributed by atoms with Crippen molar-refractivity contribution < 1.29 is 0 Å². The Bertz CT molecular complexity index is 703. The number of benzene rings is 2. The first-order valence-electron chi connectivity index (χ1n) is 6.51. The van der Waals surface area contributed by atoms with Crippen LogP contribution in [0.4, 0.5) is 0 Å². The highest BCUT2D eigenvalue weighted by atomic mass is 35.5. The summed E-state index contributed by atoms with van der Waals surface area (Å²) in [5.74, 6) is 0.440. The van der Waals surface area contributed by atoms with Gasteiger partial charge in [0.15, 0.2) is 5.66 Å². The molecule has 2 aromatic rings. The van der Waals surface area contributed by atoms with E-state index in [0.717, 1.165) is 21.3 Å². The summed E-state index contributed by atoms with van der Waals surface area (Å²) in [4.78, 5) is 9.54. The van der Waals surface area contributed by atoms with Crippen LogP contribution < -0.4 is 10.7 Å². The SMILES string of the molecule is CC(c1ccc(Cl)cc1)C1(CCl)N=c2ccccc2=N1. The smallest absolute Gasteiger partial charge is 0.171 e. The molecule has 0 fully saturated rings. The summed E-state index contributed by atoms with van der Waals surface area (Å²) in [6.07, 6.45) is 0. The Balaban J connectivity index is 2.07. The van der Waals surface area contributed by atoms with Crippen LogP contribution in [0.25, 0.3) is 0 Å². The predicted octanol–water partition coefficient (Wildman–Crippen LogP) is 3.33. The average molecular weight is 305 g/mol. The molecule has 1 aliphatic heterocycles. The first-order valence-corrected chi connectivity index (χ1v) is 7.42. The Kier molecular flexibility index (Phi) is 3.53. The molecule has 0 amide bonds. The fourth-order valence-electron chi connectivity index (χ4n) is 2.48. The van der Waals surface area contributed by atoms with E-state index in [-0.39, 0.29) is 5.92 Å². The molecule has 2 aromatic carbocycles. The molecule has 0 spiro atoms. The second-order valence-electron chi connectivity index (χ2n) is 5.00. The van der Waals surface area contributed by atoms with Crippen LogP contribution in [-0.2, 0) is 0 Å². The topological polar surface area (TPSA) is 24.7 Å². The van der Waals surface area contributed by atoms with E-state index in [4.69, 9.17) is 33.2 Å². The first-order chi connectivity index (χ1) is 9.64. The third-order valence-corrected chi connectivity index (χ3v) is 4.42. The molecule has 102 valence electrons. The summed E-state index contributed by atoms with van der Waals surface area (Å²) in [6, 6.07) is 15.7. The Morgan fingerprint density at radius 1 is 1.00 bits per heavy atom. The summed E-state index contributed by atoms with van der Waals surface area (Å²) >= 11 is 12.2. The highest BCUT2D eigenvalue weighted by molar-refractivity contribution is 6.30. The van der Waals surface area contributed by atoms with Crippen LogP contribution in [0.1, 0.15) is 18.4 Å². The molecular weight excluding hydrogens is 291 g/mol. The van der Waals surface area contributed by atoms with Gasteiger partial charge in [0, 0.05) is 10.9 Å². The molecule has 0 saturated heterocycles. The molecule has 0 bridgehead atoms. The van der Waals surface area contributed by atoms with Crippen LogP contribution in [0.2, 0.25) is 5.02 Å². The van der Waals surface area contributed by atoms with Crippen LogP contribution in [0.3, 0.4) is 0 Å². The van der Waals surface area contributed by atoms with Crippen LogP contribution in [0, 0.1) is 0 Å². The van der Waals surface area contributed by atoms with E-state index in [1.807, 2.05) is 48.5 Å². The van der Waals surface area contributed by atoms with Crippen molar-refractivity contribution >= 4 is 23.2 Å². The number of hydrogen-bond donors (Lipinski definition) is 0. The lowest BCUT2D eigenvalue weighted by Gasteiger charge is -2.28. The first kappa shape index (κ1) is 13.6. The largest absolute Gasteiger partial charge is 0.251 e. The molecule has 1 heterocycles. The van der Waals surface area contributed by atoms with E-state index in [2.05, 4.69) is 6.92 Å². The summed E-state index contributed by atoms with van der Waals surface area (Å²) in [6.45, 7) is 2.10. The normalized spacial score (nSPS) is 16.9. The summed E-state index contributed by atoms with van der Waals surface area (Å²) in [5, 5.41) is 2.55. The molecule has 2 nitrogen and oxygen atoms in total. The van der Waals surface area contributed by atoms with Crippen molar-refractivity contribution in [3.63, 3.8) is 0 Å². The summed E-state index contributed by atoms with van der Waals surface area (Å²) in [5.41, 5.74) is 0.509. The molecular formula is C16H14Cl2N2. The monoisotopic (exact) mass is 304 g/mol. The maximum absolute atomic E-state index is 6.22. The van der Waals surface area contributed by atoms with Crippen molar-refractivity contribution in [2.75, 3.05) is 5.88 Å². The molecule has 20 heavy (non-hydrogen) atoms. The van der Waals surface area contributed by atoms with Gasteiger partial charge in [0.2, 0.25) is 0 Å². The lowest BCUT2D eigenvalue weighted by atomic mass is 9.89. The number of para-hydroxylation sites is 2. The Labute approximate surface area is 127 Å². The lowest BCUT2D eigenvalue weighted by Crippen LogP contribution is -2.32. The van der Waals surface area contributed by atoms with Crippen LogP contribution in [0.5, 0.6) is 0 Å². The van der Waals surface area contributed by atoms with Crippen molar-refractivity contribution in [3.05, 3.63) is 69.8 Å². The van der Waals surface area contributed by atoms with Gasteiger partial charge in [-0.1, -0.05) is 42.8 Å². The van der Waals surface area contributed by atoms with Crippen LogP contribution in [0.15, 0.2) is 58.5 Å². The molecule has 3 rings (SSSR count). The lowest BCUT2D eigenvalue weighted by molar-refractivity contribution is 0.420. The molecule has 0 aromatic heterocycles. The van der Waals surface area contributed by atoms with Crippen molar-refractivity contribution in [3.8, 4) is 0 Å². The van der Waals surface area contributed by atoms with Crippen LogP contribution >= 0.6 is 23.2 Å². The zero-order valence-corrected chi connectivity index (χ0v) is 12.6. The molecule has 1 unspecified atom stereocenters. The molecule has 0 saturated carbocycles. The molecule has 1 atom stereocenters. The zero-order chi connectivity index (χ0) is 14.2. The highest BCUT2D eigenvalue weighted by Gasteiger charge is 2.37. The summed E-state index contributed by atoms with van der Waals surface area (Å²) < 4.78 is 0. The fourth-order valence-corrected chi connectivity index (χ4v) is 2.96. The van der Waals surface area contributed by atoms with Crippen LogP contribution in [-0.4, -0.2) is 11.5 Å². The van der Waals surface area contributed by atoms with E-state index < -0.39 is 5.66 Å². The second kappa shape index (κ2) is 5.19. The number of fused-ring (bicyclic) bond motifs is 1. The highest BCUT2D eigenvalue weighted by Crippen LogP contribution is 2.34. The maximum Gasteiger partial charge on any atom is 0.171 e.